The Morgan fingerprint density at radius 2 is 2.00 bits per heavy atom. The second kappa shape index (κ2) is 7.08. The Hall–Kier alpha value is -1.84. The summed E-state index contributed by atoms with van der Waals surface area (Å²) in [4.78, 5) is 25.3. The highest BCUT2D eigenvalue weighted by Crippen LogP contribution is 2.08. The smallest absolute Gasteiger partial charge is 0.241 e. The van der Waals surface area contributed by atoms with Crippen LogP contribution in [-0.4, -0.2) is 36.3 Å². The molecule has 0 unspecified atom stereocenters. The minimum Gasteiger partial charge on any atom is -0.347 e. The fraction of sp³-hybridized carbons (Fsp3) is 0.500. The van der Waals surface area contributed by atoms with Gasteiger partial charge in [0.15, 0.2) is 0 Å². The molecule has 1 heterocycles. The van der Waals surface area contributed by atoms with E-state index in [4.69, 9.17) is 0 Å². The summed E-state index contributed by atoms with van der Waals surface area (Å²) < 4.78 is 0. The van der Waals surface area contributed by atoms with Crippen molar-refractivity contribution in [2.75, 3.05) is 19.6 Å². The Labute approximate surface area is 120 Å². The summed E-state index contributed by atoms with van der Waals surface area (Å²) in [5.41, 5.74) is 2.36. The minimum absolute atomic E-state index is 0.0337. The van der Waals surface area contributed by atoms with Crippen LogP contribution < -0.4 is 5.32 Å². The van der Waals surface area contributed by atoms with E-state index in [2.05, 4.69) is 11.4 Å². The molecule has 0 spiro atoms. The van der Waals surface area contributed by atoms with Gasteiger partial charge in [0.2, 0.25) is 11.8 Å². The monoisotopic (exact) mass is 274 g/mol. The number of amides is 2. The van der Waals surface area contributed by atoms with Crippen molar-refractivity contribution < 1.29 is 9.59 Å². The molecule has 1 N–H and O–H groups in total. The number of hydrogen-bond acceptors (Lipinski definition) is 2. The van der Waals surface area contributed by atoms with Crippen LogP contribution in [0.5, 0.6) is 0 Å². The van der Waals surface area contributed by atoms with Crippen LogP contribution in [0.2, 0.25) is 0 Å². The number of likely N-dealkylation sites (tertiary alicyclic amines) is 1. The van der Waals surface area contributed by atoms with Gasteiger partial charge >= 0.3 is 0 Å². The van der Waals surface area contributed by atoms with Crippen LogP contribution in [0.3, 0.4) is 0 Å². The zero-order valence-corrected chi connectivity index (χ0v) is 12.0. The van der Waals surface area contributed by atoms with Gasteiger partial charge in [-0.15, -0.1) is 0 Å². The lowest BCUT2D eigenvalue weighted by atomic mass is 10.1. The summed E-state index contributed by atoms with van der Waals surface area (Å²) in [6.45, 7) is 3.83. The average Bonchev–Trinajstić information content (AvgIpc) is 2.97. The van der Waals surface area contributed by atoms with Gasteiger partial charge in [-0.05, 0) is 31.7 Å². The predicted octanol–water partition coefficient (Wildman–Crippen LogP) is 1.67. The highest BCUT2D eigenvalue weighted by atomic mass is 16.2. The molecule has 1 aromatic rings. The number of carbonyl (C=O) groups is 2. The van der Waals surface area contributed by atoms with Crippen LogP contribution in [0.15, 0.2) is 24.3 Å². The SMILES string of the molecule is Cc1cccc(CCC(=O)NCC(=O)N2CCCC2)c1. The van der Waals surface area contributed by atoms with Crippen molar-refractivity contribution in [1.29, 1.82) is 0 Å². The molecule has 1 saturated heterocycles. The van der Waals surface area contributed by atoms with Gasteiger partial charge in [-0.3, -0.25) is 9.59 Å². The molecule has 20 heavy (non-hydrogen) atoms. The van der Waals surface area contributed by atoms with E-state index >= 15 is 0 Å². The average molecular weight is 274 g/mol. The molecule has 0 radical (unpaired) electrons. The first-order valence-corrected chi connectivity index (χ1v) is 7.25. The number of rotatable bonds is 5. The maximum atomic E-state index is 11.8. The van der Waals surface area contributed by atoms with Crippen LogP contribution in [0.1, 0.15) is 30.4 Å². The predicted molar refractivity (Wildman–Crippen MR) is 78.3 cm³/mol. The highest BCUT2D eigenvalue weighted by molar-refractivity contribution is 5.84. The van der Waals surface area contributed by atoms with Crippen molar-refractivity contribution in [1.82, 2.24) is 10.2 Å². The highest BCUT2D eigenvalue weighted by Gasteiger charge is 2.17. The van der Waals surface area contributed by atoms with Crippen LogP contribution in [0, 0.1) is 6.92 Å². The van der Waals surface area contributed by atoms with Gasteiger partial charge < -0.3 is 10.2 Å². The minimum atomic E-state index is -0.0564. The molecule has 2 rings (SSSR count). The Kier molecular flexibility index (Phi) is 5.16. The molecule has 1 fully saturated rings. The first kappa shape index (κ1) is 14.6. The van der Waals surface area contributed by atoms with E-state index in [0.29, 0.717) is 12.8 Å². The molecule has 0 atom stereocenters. The van der Waals surface area contributed by atoms with Crippen LogP contribution in [-0.2, 0) is 16.0 Å². The maximum absolute atomic E-state index is 11.8. The lowest BCUT2D eigenvalue weighted by Crippen LogP contribution is -2.38. The Morgan fingerprint density at radius 3 is 2.70 bits per heavy atom. The van der Waals surface area contributed by atoms with Gasteiger partial charge in [0, 0.05) is 19.5 Å². The van der Waals surface area contributed by atoms with Gasteiger partial charge in [0.05, 0.1) is 6.54 Å². The second-order valence-electron chi connectivity index (χ2n) is 5.35. The van der Waals surface area contributed by atoms with Crippen molar-refractivity contribution in [3.63, 3.8) is 0 Å². The number of aryl methyl sites for hydroxylation is 2. The van der Waals surface area contributed by atoms with Gasteiger partial charge in [-0.2, -0.15) is 0 Å². The largest absolute Gasteiger partial charge is 0.347 e. The summed E-state index contributed by atoms with van der Waals surface area (Å²) in [6, 6.07) is 8.15. The van der Waals surface area contributed by atoms with Crippen LogP contribution in [0.4, 0.5) is 0 Å². The van der Waals surface area contributed by atoms with Crippen molar-refractivity contribution >= 4 is 11.8 Å². The lowest BCUT2D eigenvalue weighted by molar-refractivity contribution is -0.132. The molecule has 1 aromatic carbocycles. The first-order valence-electron chi connectivity index (χ1n) is 7.25. The van der Waals surface area contributed by atoms with E-state index in [1.165, 1.54) is 5.56 Å². The first-order chi connectivity index (χ1) is 9.65. The van der Waals surface area contributed by atoms with E-state index in [0.717, 1.165) is 31.5 Å². The fourth-order valence-corrected chi connectivity index (χ4v) is 2.47. The normalized spacial score (nSPS) is 14.3. The van der Waals surface area contributed by atoms with Crippen molar-refractivity contribution in [3.8, 4) is 0 Å². The van der Waals surface area contributed by atoms with Crippen LogP contribution in [0.25, 0.3) is 0 Å². The molecule has 0 aliphatic carbocycles. The zero-order valence-electron chi connectivity index (χ0n) is 12.0. The number of nitrogens with one attached hydrogen (secondary N) is 1. The van der Waals surface area contributed by atoms with Gasteiger partial charge in [0.25, 0.3) is 0 Å². The summed E-state index contributed by atoms with van der Waals surface area (Å²) in [7, 11) is 0. The molecular formula is C16H22N2O2. The molecule has 108 valence electrons. The fourth-order valence-electron chi connectivity index (χ4n) is 2.47. The molecule has 1 aliphatic rings. The Balaban J connectivity index is 1.69. The molecule has 0 saturated carbocycles. The number of nitrogens with zero attached hydrogens (tertiary/aromatic N) is 1. The van der Waals surface area contributed by atoms with Crippen molar-refractivity contribution in [2.45, 2.75) is 32.6 Å². The molecule has 0 bridgehead atoms. The van der Waals surface area contributed by atoms with Crippen molar-refractivity contribution in [3.05, 3.63) is 35.4 Å². The Morgan fingerprint density at radius 1 is 1.25 bits per heavy atom. The lowest BCUT2D eigenvalue weighted by Gasteiger charge is -2.15. The Bertz CT molecular complexity index is 479. The van der Waals surface area contributed by atoms with Gasteiger partial charge in [0.1, 0.15) is 0 Å². The van der Waals surface area contributed by atoms with E-state index in [9.17, 15) is 9.59 Å². The van der Waals surface area contributed by atoms with E-state index < -0.39 is 0 Å². The number of carbonyl (C=O) groups excluding carboxylic acids is 2. The zero-order chi connectivity index (χ0) is 14.4. The molecule has 4 nitrogen and oxygen atoms in total. The van der Waals surface area contributed by atoms with Crippen LogP contribution >= 0.6 is 0 Å². The third-order valence-electron chi connectivity index (χ3n) is 3.62. The number of benzene rings is 1. The van der Waals surface area contributed by atoms with Gasteiger partial charge in [-0.25, -0.2) is 0 Å². The molecule has 1 aliphatic heterocycles. The third kappa shape index (κ3) is 4.37. The van der Waals surface area contributed by atoms with E-state index in [-0.39, 0.29) is 18.4 Å². The molecule has 0 aromatic heterocycles. The standard InChI is InChI=1S/C16H22N2O2/c1-13-5-4-6-14(11-13)7-8-15(19)17-12-16(20)18-9-2-3-10-18/h4-6,11H,2-3,7-10,12H2,1H3,(H,17,19). The molecule has 2 amide bonds. The molecular weight excluding hydrogens is 252 g/mol. The summed E-state index contributed by atoms with van der Waals surface area (Å²) in [6.07, 6.45) is 3.29. The topological polar surface area (TPSA) is 49.4 Å². The van der Waals surface area contributed by atoms with Gasteiger partial charge in [-0.1, -0.05) is 29.8 Å². The van der Waals surface area contributed by atoms with E-state index in [1.807, 2.05) is 30.0 Å². The quantitative estimate of drug-likeness (QED) is 0.888. The third-order valence-corrected chi connectivity index (χ3v) is 3.62. The summed E-state index contributed by atoms with van der Waals surface area (Å²) in [5, 5.41) is 2.71. The summed E-state index contributed by atoms with van der Waals surface area (Å²) in [5.74, 6) is -0.0227. The molecule has 4 heteroatoms. The maximum Gasteiger partial charge on any atom is 0.241 e. The number of hydrogen-bond donors (Lipinski definition) is 1. The second-order valence-corrected chi connectivity index (χ2v) is 5.35. The van der Waals surface area contributed by atoms with E-state index in [1.54, 1.807) is 0 Å². The summed E-state index contributed by atoms with van der Waals surface area (Å²) >= 11 is 0. The van der Waals surface area contributed by atoms with Crippen molar-refractivity contribution in [2.24, 2.45) is 0 Å².